The Bertz CT molecular complexity index is 1150. The Morgan fingerprint density at radius 2 is 1.82 bits per heavy atom. The Kier molecular flexibility index (Phi) is 10.4. The second-order valence-corrected chi connectivity index (χ2v) is 13.6. The van der Waals surface area contributed by atoms with Crippen LogP contribution >= 0.6 is 21.6 Å². The number of nitrogens with two attached hydrogens (primary N) is 1. The number of fused-ring (bicyclic) bond motifs is 3. The van der Waals surface area contributed by atoms with E-state index >= 15 is 0 Å². The molecule has 5 atom stereocenters. The molecule has 0 aliphatic carbocycles. The molecule has 0 aromatic heterocycles. The third-order valence-electron chi connectivity index (χ3n) is 7.42. The summed E-state index contributed by atoms with van der Waals surface area (Å²) in [7, 11) is 3.09. The van der Waals surface area contributed by atoms with E-state index in [0.29, 0.717) is 31.6 Å². The van der Waals surface area contributed by atoms with Crippen molar-refractivity contribution >= 4 is 39.4 Å². The molecular weight excluding hydrogens is 530 g/mol. The Balaban J connectivity index is 1.55. The Morgan fingerprint density at radius 3 is 2.54 bits per heavy atom. The van der Waals surface area contributed by atoms with Crippen molar-refractivity contribution in [1.82, 2.24) is 10.2 Å². The van der Waals surface area contributed by atoms with Crippen molar-refractivity contribution < 1.29 is 19.5 Å². The number of hydrogen-bond donors (Lipinski definition) is 3. The normalized spacial score (nSPS) is 22.4. The first-order valence-corrected chi connectivity index (χ1v) is 16.1. The van der Waals surface area contributed by atoms with Gasteiger partial charge in [0.2, 0.25) is 11.8 Å². The topological polar surface area (TPSA) is 113 Å². The highest BCUT2D eigenvalue weighted by atomic mass is 33.1. The zero-order chi connectivity index (χ0) is 27.9. The predicted molar refractivity (Wildman–Crippen MR) is 158 cm³/mol. The molecule has 2 amide bonds. The third-order valence-corrected chi connectivity index (χ3v) is 10.2. The van der Waals surface area contributed by atoms with E-state index < -0.39 is 23.3 Å². The van der Waals surface area contributed by atoms with Crippen molar-refractivity contribution in [2.45, 2.75) is 81.8 Å². The Hall–Kier alpha value is -2.49. The maximum absolute atomic E-state index is 13.9. The standard InChI is InChI=1S/C30H39N3O4S2/c1-19(2)15-22(31)18-38-39-27(16-20-9-4-3-5-10-20)28(34)32-24-17-21-11-6-7-12-23(21)25-13-8-14-26(30(36)37)33(25)29(24)35/h3-7,9-12,19,22,24-27H,8,13-18,31H2,1-2H3,(H,32,34)(H,36,37)/t22-,24-,25?,26-,27?/m0/s1. The lowest BCUT2D eigenvalue weighted by Crippen LogP contribution is -2.56. The van der Waals surface area contributed by atoms with Gasteiger partial charge in [-0.25, -0.2) is 4.79 Å². The van der Waals surface area contributed by atoms with Gasteiger partial charge in [0.05, 0.1) is 11.3 Å². The lowest BCUT2D eigenvalue weighted by Gasteiger charge is -2.40. The number of piperidine rings is 1. The fourth-order valence-electron chi connectivity index (χ4n) is 5.65. The molecule has 0 radical (unpaired) electrons. The molecule has 0 spiro atoms. The van der Waals surface area contributed by atoms with Crippen molar-refractivity contribution in [3.63, 3.8) is 0 Å². The van der Waals surface area contributed by atoms with Crippen molar-refractivity contribution in [2.24, 2.45) is 11.7 Å². The van der Waals surface area contributed by atoms with Crippen LogP contribution in [-0.4, -0.2) is 56.9 Å². The number of carboxylic acid groups (broad SMARTS) is 1. The van der Waals surface area contributed by atoms with E-state index in [1.165, 1.54) is 15.7 Å². The summed E-state index contributed by atoms with van der Waals surface area (Å²) in [4.78, 5) is 41.3. The largest absolute Gasteiger partial charge is 0.480 e. The van der Waals surface area contributed by atoms with Crippen LogP contribution in [0.4, 0.5) is 0 Å². The monoisotopic (exact) mass is 569 g/mol. The molecule has 0 saturated carbocycles. The number of hydrogen-bond acceptors (Lipinski definition) is 6. The smallest absolute Gasteiger partial charge is 0.326 e. The molecule has 39 heavy (non-hydrogen) atoms. The number of carbonyl (C=O) groups excluding carboxylic acids is 2. The number of nitrogens with zero attached hydrogens (tertiary/aromatic N) is 1. The maximum atomic E-state index is 13.9. The minimum atomic E-state index is -0.996. The first kappa shape index (κ1) is 29.5. The number of benzene rings is 2. The van der Waals surface area contributed by atoms with Gasteiger partial charge in [0.25, 0.3) is 0 Å². The van der Waals surface area contributed by atoms with Gasteiger partial charge in [0.1, 0.15) is 12.1 Å². The molecule has 2 aliphatic rings. The molecule has 1 saturated heterocycles. The van der Waals surface area contributed by atoms with E-state index in [-0.39, 0.29) is 23.9 Å². The van der Waals surface area contributed by atoms with Crippen LogP contribution < -0.4 is 11.1 Å². The predicted octanol–water partition coefficient (Wildman–Crippen LogP) is 4.60. The number of nitrogens with one attached hydrogen (secondary N) is 1. The molecule has 2 aromatic carbocycles. The molecule has 2 heterocycles. The number of amides is 2. The SMILES string of the molecule is CC(C)C[C@H](N)CSSC(Cc1ccccc1)C(=O)N[C@H]1Cc2ccccc2C2CCC[C@@H](C(=O)O)N2C1=O. The molecular formula is C30H39N3O4S2. The molecule has 9 heteroatoms. The molecule has 2 aliphatic heterocycles. The summed E-state index contributed by atoms with van der Waals surface area (Å²) < 4.78 is 0. The zero-order valence-electron chi connectivity index (χ0n) is 22.6. The highest BCUT2D eigenvalue weighted by Crippen LogP contribution is 2.39. The molecule has 7 nitrogen and oxygen atoms in total. The average Bonchev–Trinajstić information content (AvgIpc) is 3.02. The molecule has 2 aromatic rings. The van der Waals surface area contributed by atoms with Crippen LogP contribution in [0.5, 0.6) is 0 Å². The van der Waals surface area contributed by atoms with Gasteiger partial charge in [-0.1, -0.05) is 90.0 Å². The molecule has 0 bridgehead atoms. The Labute approximate surface area is 239 Å². The summed E-state index contributed by atoms with van der Waals surface area (Å²) in [5.74, 6) is -0.290. The third kappa shape index (κ3) is 7.58. The van der Waals surface area contributed by atoms with Gasteiger partial charge in [-0.3, -0.25) is 9.59 Å². The van der Waals surface area contributed by atoms with E-state index in [4.69, 9.17) is 5.73 Å². The summed E-state index contributed by atoms with van der Waals surface area (Å²) in [6.07, 6.45) is 3.65. The second kappa shape index (κ2) is 13.7. The van der Waals surface area contributed by atoms with Crippen LogP contribution in [0.2, 0.25) is 0 Å². The van der Waals surface area contributed by atoms with Crippen LogP contribution in [0.1, 0.15) is 62.3 Å². The van der Waals surface area contributed by atoms with E-state index in [0.717, 1.165) is 35.3 Å². The van der Waals surface area contributed by atoms with Crippen LogP contribution in [0, 0.1) is 5.92 Å². The van der Waals surface area contributed by atoms with Gasteiger partial charge in [-0.2, -0.15) is 0 Å². The molecule has 4 rings (SSSR count). The molecule has 4 N–H and O–H groups in total. The fraction of sp³-hybridized carbons (Fsp3) is 0.500. The van der Waals surface area contributed by atoms with E-state index in [2.05, 4.69) is 19.2 Å². The Morgan fingerprint density at radius 1 is 1.10 bits per heavy atom. The van der Waals surface area contributed by atoms with Crippen LogP contribution in [0.15, 0.2) is 54.6 Å². The minimum Gasteiger partial charge on any atom is -0.480 e. The van der Waals surface area contributed by atoms with Crippen molar-refractivity contribution in [3.05, 3.63) is 71.3 Å². The first-order chi connectivity index (χ1) is 18.7. The number of aliphatic carboxylic acids is 1. The summed E-state index contributed by atoms with van der Waals surface area (Å²) in [5, 5.41) is 12.6. The first-order valence-electron chi connectivity index (χ1n) is 13.8. The van der Waals surface area contributed by atoms with E-state index in [9.17, 15) is 19.5 Å². The lowest BCUT2D eigenvalue weighted by atomic mass is 9.89. The van der Waals surface area contributed by atoms with Gasteiger partial charge in [0.15, 0.2) is 0 Å². The van der Waals surface area contributed by atoms with Crippen LogP contribution in [0.25, 0.3) is 0 Å². The van der Waals surface area contributed by atoms with Crippen LogP contribution in [-0.2, 0) is 27.2 Å². The summed E-state index contributed by atoms with van der Waals surface area (Å²) in [6, 6.07) is 15.7. The molecule has 210 valence electrons. The highest BCUT2D eigenvalue weighted by molar-refractivity contribution is 8.77. The number of carboxylic acids is 1. The summed E-state index contributed by atoms with van der Waals surface area (Å²) >= 11 is 0. The van der Waals surface area contributed by atoms with E-state index in [1.54, 1.807) is 10.8 Å². The van der Waals surface area contributed by atoms with Gasteiger partial charge in [-0.15, -0.1) is 0 Å². The quantitative estimate of drug-likeness (QED) is 0.339. The van der Waals surface area contributed by atoms with Gasteiger partial charge >= 0.3 is 5.97 Å². The zero-order valence-corrected chi connectivity index (χ0v) is 24.3. The number of rotatable bonds is 11. The van der Waals surface area contributed by atoms with Crippen molar-refractivity contribution in [2.75, 3.05) is 5.75 Å². The van der Waals surface area contributed by atoms with Crippen LogP contribution in [0.3, 0.4) is 0 Å². The molecule has 1 fully saturated rings. The highest BCUT2D eigenvalue weighted by Gasteiger charge is 2.44. The fourth-order valence-corrected chi connectivity index (χ4v) is 8.33. The number of carbonyl (C=O) groups is 3. The van der Waals surface area contributed by atoms with Gasteiger partial charge < -0.3 is 21.1 Å². The van der Waals surface area contributed by atoms with Crippen molar-refractivity contribution in [1.29, 1.82) is 0 Å². The average molecular weight is 570 g/mol. The van der Waals surface area contributed by atoms with Crippen molar-refractivity contribution in [3.8, 4) is 0 Å². The summed E-state index contributed by atoms with van der Waals surface area (Å²) in [5.41, 5.74) is 9.29. The van der Waals surface area contributed by atoms with Gasteiger partial charge in [0, 0.05) is 18.2 Å². The second-order valence-electron chi connectivity index (χ2n) is 11.0. The molecule has 2 unspecified atom stereocenters. The van der Waals surface area contributed by atoms with Gasteiger partial charge in [-0.05, 0) is 54.7 Å². The van der Waals surface area contributed by atoms with E-state index in [1.807, 2.05) is 54.6 Å². The maximum Gasteiger partial charge on any atom is 0.326 e. The summed E-state index contributed by atoms with van der Waals surface area (Å²) in [6.45, 7) is 4.29. The lowest BCUT2D eigenvalue weighted by molar-refractivity contribution is -0.156. The minimum absolute atomic E-state index is 0.0480.